The van der Waals surface area contributed by atoms with E-state index in [1.165, 1.54) is 12.0 Å². The average molecular weight is 234 g/mol. The third-order valence-corrected chi connectivity index (χ3v) is 3.52. The van der Waals surface area contributed by atoms with Gasteiger partial charge in [0.05, 0.1) is 6.61 Å². The molecule has 0 aromatic heterocycles. The van der Waals surface area contributed by atoms with Gasteiger partial charge in [0.15, 0.2) is 0 Å². The third kappa shape index (κ3) is 3.45. The SMILES string of the molecule is Cc1cccc(OCC(CN)C2CCNC2)c1. The van der Waals surface area contributed by atoms with Crippen LogP contribution < -0.4 is 15.8 Å². The summed E-state index contributed by atoms with van der Waals surface area (Å²) in [6.07, 6.45) is 1.22. The molecular weight excluding hydrogens is 212 g/mol. The van der Waals surface area contributed by atoms with Crippen LogP contribution in [0.3, 0.4) is 0 Å². The first-order valence-electron chi connectivity index (χ1n) is 6.40. The second-order valence-electron chi connectivity index (χ2n) is 4.88. The number of aryl methyl sites for hydroxylation is 1. The van der Waals surface area contributed by atoms with Crippen molar-refractivity contribution in [1.29, 1.82) is 0 Å². The summed E-state index contributed by atoms with van der Waals surface area (Å²) in [4.78, 5) is 0. The highest BCUT2D eigenvalue weighted by molar-refractivity contribution is 5.27. The molecule has 1 aromatic rings. The average Bonchev–Trinajstić information content (AvgIpc) is 2.84. The molecule has 1 aliphatic heterocycles. The van der Waals surface area contributed by atoms with Gasteiger partial charge in [0.1, 0.15) is 5.75 Å². The summed E-state index contributed by atoms with van der Waals surface area (Å²) in [6.45, 7) is 5.71. The van der Waals surface area contributed by atoms with Crippen LogP contribution >= 0.6 is 0 Å². The zero-order valence-corrected chi connectivity index (χ0v) is 10.5. The molecule has 2 rings (SSSR count). The summed E-state index contributed by atoms with van der Waals surface area (Å²) in [5, 5.41) is 3.38. The molecule has 17 heavy (non-hydrogen) atoms. The van der Waals surface area contributed by atoms with Gasteiger partial charge in [-0.2, -0.15) is 0 Å². The quantitative estimate of drug-likeness (QED) is 0.813. The Balaban J connectivity index is 1.87. The van der Waals surface area contributed by atoms with E-state index >= 15 is 0 Å². The van der Waals surface area contributed by atoms with Gasteiger partial charge in [-0.25, -0.2) is 0 Å². The lowest BCUT2D eigenvalue weighted by Crippen LogP contribution is -2.30. The van der Waals surface area contributed by atoms with E-state index in [4.69, 9.17) is 10.5 Å². The molecule has 1 saturated heterocycles. The fraction of sp³-hybridized carbons (Fsp3) is 0.571. The Morgan fingerprint density at radius 3 is 3.06 bits per heavy atom. The van der Waals surface area contributed by atoms with E-state index in [9.17, 15) is 0 Å². The minimum absolute atomic E-state index is 0.463. The van der Waals surface area contributed by atoms with Crippen molar-refractivity contribution in [1.82, 2.24) is 5.32 Å². The lowest BCUT2D eigenvalue weighted by Gasteiger charge is -2.21. The Morgan fingerprint density at radius 2 is 2.41 bits per heavy atom. The first-order valence-corrected chi connectivity index (χ1v) is 6.40. The first kappa shape index (κ1) is 12.4. The lowest BCUT2D eigenvalue weighted by atomic mass is 9.92. The van der Waals surface area contributed by atoms with E-state index in [-0.39, 0.29) is 0 Å². The molecule has 3 nitrogen and oxygen atoms in total. The fourth-order valence-electron chi connectivity index (χ4n) is 2.38. The number of hydrogen-bond donors (Lipinski definition) is 2. The van der Waals surface area contributed by atoms with Gasteiger partial charge in [-0.1, -0.05) is 12.1 Å². The van der Waals surface area contributed by atoms with Gasteiger partial charge in [0, 0.05) is 5.92 Å². The van der Waals surface area contributed by atoms with Crippen molar-refractivity contribution in [3.63, 3.8) is 0 Å². The van der Waals surface area contributed by atoms with Crippen molar-refractivity contribution in [3.05, 3.63) is 29.8 Å². The lowest BCUT2D eigenvalue weighted by molar-refractivity contribution is 0.206. The van der Waals surface area contributed by atoms with Crippen LogP contribution in [0.2, 0.25) is 0 Å². The van der Waals surface area contributed by atoms with Gasteiger partial charge in [-0.05, 0) is 56.6 Å². The van der Waals surface area contributed by atoms with Gasteiger partial charge in [-0.3, -0.25) is 0 Å². The molecule has 0 radical (unpaired) electrons. The second kappa shape index (κ2) is 6.03. The first-order chi connectivity index (χ1) is 8.29. The predicted octanol–water partition coefficient (Wildman–Crippen LogP) is 1.56. The molecule has 3 heteroatoms. The van der Waals surface area contributed by atoms with Gasteiger partial charge in [0.2, 0.25) is 0 Å². The summed E-state index contributed by atoms with van der Waals surface area (Å²) < 4.78 is 5.84. The summed E-state index contributed by atoms with van der Waals surface area (Å²) in [5.74, 6) is 2.09. The standard InChI is InChI=1S/C14H22N2O/c1-11-3-2-4-14(7-11)17-10-13(8-15)12-5-6-16-9-12/h2-4,7,12-13,16H,5-6,8-10,15H2,1H3. The zero-order valence-electron chi connectivity index (χ0n) is 10.5. The van der Waals surface area contributed by atoms with E-state index in [2.05, 4.69) is 24.4 Å². The number of benzene rings is 1. The molecule has 1 aromatic carbocycles. The van der Waals surface area contributed by atoms with Crippen LogP contribution in [0, 0.1) is 18.8 Å². The highest BCUT2D eigenvalue weighted by Crippen LogP contribution is 2.20. The summed E-state index contributed by atoms with van der Waals surface area (Å²) in [6, 6.07) is 8.18. The van der Waals surface area contributed by atoms with Crippen LogP contribution in [-0.2, 0) is 0 Å². The van der Waals surface area contributed by atoms with Crippen LogP contribution in [-0.4, -0.2) is 26.2 Å². The number of nitrogens with one attached hydrogen (secondary N) is 1. The zero-order chi connectivity index (χ0) is 12.1. The van der Waals surface area contributed by atoms with E-state index in [1.807, 2.05) is 12.1 Å². The molecule has 2 unspecified atom stereocenters. The smallest absolute Gasteiger partial charge is 0.119 e. The number of rotatable bonds is 5. The molecule has 0 spiro atoms. The highest BCUT2D eigenvalue weighted by atomic mass is 16.5. The molecule has 94 valence electrons. The van der Waals surface area contributed by atoms with E-state index in [0.29, 0.717) is 18.4 Å². The minimum atomic E-state index is 0.463. The largest absolute Gasteiger partial charge is 0.493 e. The fourth-order valence-corrected chi connectivity index (χ4v) is 2.38. The van der Waals surface area contributed by atoms with Crippen molar-refractivity contribution in [2.24, 2.45) is 17.6 Å². The van der Waals surface area contributed by atoms with Gasteiger partial charge < -0.3 is 15.8 Å². The molecule has 3 N–H and O–H groups in total. The second-order valence-corrected chi connectivity index (χ2v) is 4.88. The summed E-state index contributed by atoms with van der Waals surface area (Å²) >= 11 is 0. The number of hydrogen-bond acceptors (Lipinski definition) is 3. The number of nitrogens with two attached hydrogens (primary N) is 1. The Morgan fingerprint density at radius 1 is 1.53 bits per heavy atom. The van der Waals surface area contributed by atoms with Crippen LogP contribution in [0.25, 0.3) is 0 Å². The van der Waals surface area contributed by atoms with E-state index in [1.54, 1.807) is 0 Å². The third-order valence-electron chi connectivity index (χ3n) is 3.52. The Hall–Kier alpha value is -1.06. The molecule has 0 amide bonds. The highest BCUT2D eigenvalue weighted by Gasteiger charge is 2.24. The summed E-state index contributed by atoms with van der Waals surface area (Å²) in [5.41, 5.74) is 7.07. The van der Waals surface area contributed by atoms with Gasteiger partial charge in [-0.15, -0.1) is 0 Å². The topological polar surface area (TPSA) is 47.3 Å². The predicted molar refractivity (Wildman–Crippen MR) is 70.2 cm³/mol. The minimum Gasteiger partial charge on any atom is -0.493 e. The Bertz CT molecular complexity index is 348. The van der Waals surface area contributed by atoms with Crippen molar-refractivity contribution in [3.8, 4) is 5.75 Å². The molecule has 0 aliphatic carbocycles. The van der Waals surface area contributed by atoms with Crippen LogP contribution in [0.4, 0.5) is 0 Å². The van der Waals surface area contributed by atoms with Crippen molar-refractivity contribution >= 4 is 0 Å². The Labute approximate surface area is 103 Å². The van der Waals surface area contributed by atoms with Gasteiger partial charge in [0.25, 0.3) is 0 Å². The van der Waals surface area contributed by atoms with Crippen LogP contribution in [0.5, 0.6) is 5.75 Å². The van der Waals surface area contributed by atoms with Crippen molar-refractivity contribution in [2.75, 3.05) is 26.2 Å². The van der Waals surface area contributed by atoms with Crippen LogP contribution in [0.1, 0.15) is 12.0 Å². The summed E-state index contributed by atoms with van der Waals surface area (Å²) in [7, 11) is 0. The Kier molecular flexibility index (Phi) is 4.40. The molecule has 0 bridgehead atoms. The molecule has 1 heterocycles. The molecular formula is C14H22N2O. The normalized spacial score (nSPS) is 21.4. The molecule has 1 fully saturated rings. The maximum atomic E-state index is 5.84. The van der Waals surface area contributed by atoms with Crippen molar-refractivity contribution in [2.45, 2.75) is 13.3 Å². The maximum Gasteiger partial charge on any atom is 0.119 e. The van der Waals surface area contributed by atoms with Crippen LogP contribution in [0.15, 0.2) is 24.3 Å². The molecule has 1 aliphatic rings. The monoisotopic (exact) mass is 234 g/mol. The van der Waals surface area contributed by atoms with E-state index in [0.717, 1.165) is 25.4 Å². The number of ether oxygens (including phenoxy) is 1. The van der Waals surface area contributed by atoms with Crippen molar-refractivity contribution < 1.29 is 4.74 Å². The van der Waals surface area contributed by atoms with Gasteiger partial charge >= 0.3 is 0 Å². The van der Waals surface area contributed by atoms with E-state index < -0.39 is 0 Å². The maximum absolute atomic E-state index is 5.84. The molecule has 0 saturated carbocycles. The molecule has 2 atom stereocenters.